The Hall–Kier alpha value is -2.59. The van der Waals surface area contributed by atoms with Gasteiger partial charge in [-0.3, -0.25) is 4.79 Å². The van der Waals surface area contributed by atoms with Crippen molar-refractivity contribution in [3.05, 3.63) is 28.2 Å². The first-order valence-electron chi connectivity index (χ1n) is 10.5. The monoisotopic (exact) mass is 394 g/mol. The molecule has 2 aromatic rings. The lowest BCUT2D eigenvalue weighted by atomic mass is 9.63. The van der Waals surface area contributed by atoms with Crippen LogP contribution < -0.4 is 15.4 Å². The summed E-state index contributed by atoms with van der Waals surface area (Å²) in [6, 6.07) is 4.18. The maximum absolute atomic E-state index is 12.6. The lowest BCUT2D eigenvalue weighted by Gasteiger charge is -2.48. The molecule has 1 saturated heterocycles. The first-order valence-corrected chi connectivity index (χ1v) is 10.5. The average molecular weight is 395 g/mol. The Morgan fingerprint density at radius 2 is 1.93 bits per heavy atom. The van der Waals surface area contributed by atoms with Crippen molar-refractivity contribution < 1.29 is 0 Å². The average Bonchev–Trinajstić information content (AvgIpc) is 2.69. The quantitative estimate of drug-likeness (QED) is 0.840. The molecule has 0 amide bonds. The van der Waals surface area contributed by atoms with Crippen molar-refractivity contribution in [2.75, 3.05) is 57.1 Å². The summed E-state index contributed by atoms with van der Waals surface area (Å²) < 4.78 is 0. The van der Waals surface area contributed by atoms with Crippen LogP contribution in [0.15, 0.2) is 17.1 Å². The second-order valence-corrected chi connectivity index (χ2v) is 8.94. The highest BCUT2D eigenvalue weighted by molar-refractivity contribution is 5.95. The molecule has 7 nitrogen and oxygen atoms in total. The highest BCUT2D eigenvalue weighted by atomic mass is 16.1. The molecule has 29 heavy (non-hydrogen) atoms. The zero-order chi connectivity index (χ0) is 20.6. The molecule has 0 atom stereocenters. The van der Waals surface area contributed by atoms with Crippen LogP contribution >= 0.6 is 0 Å². The largest absolute Gasteiger partial charge is 0.370 e. The topological polar surface area (TPSA) is 79.3 Å². The summed E-state index contributed by atoms with van der Waals surface area (Å²) in [6.07, 6.45) is 8.01. The third-order valence-electron chi connectivity index (χ3n) is 6.80. The van der Waals surface area contributed by atoms with Crippen molar-refractivity contribution in [1.29, 1.82) is 5.26 Å². The number of rotatable bonds is 5. The molecule has 154 valence electrons. The number of pyridine rings is 2. The number of hydrogen-bond donors (Lipinski definition) is 1. The normalized spacial score (nSPS) is 18.1. The number of fused-ring (bicyclic) bond motifs is 1. The zero-order valence-corrected chi connectivity index (χ0v) is 17.7. The number of aromatic amines is 1. The second kappa shape index (κ2) is 7.68. The zero-order valence-electron chi connectivity index (χ0n) is 17.7. The lowest BCUT2D eigenvalue weighted by Crippen LogP contribution is -2.44. The van der Waals surface area contributed by atoms with Crippen LogP contribution in [-0.2, 0) is 0 Å². The van der Waals surface area contributed by atoms with E-state index in [-0.39, 0.29) is 11.1 Å². The van der Waals surface area contributed by atoms with Crippen LogP contribution in [0.3, 0.4) is 0 Å². The summed E-state index contributed by atoms with van der Waals surface area (Å²) in [5, 5.41) is 10.7. The van der Waals surface area contributed by atoms with Crippen LogP contribution in [0.25, 0.3) is 10.9 Å². The van der Waals surface area contributed by atoms with E-state index in [9.17, 15) is 10.1 Å². The maximum Gasteiger partial charge on any atom is 0.268 e. The van der Waals surface area contributed by atoms with Crippen LogP contribution in [0.5, 0.6) is 0 Å². The standard InChI is InChI=1S/C22H30N6O/c1-26(2)11-12-27(3)19-13-16-18(15-24-19)25-21(29)17(14-23)20(16)28-9-7-22(8-10-28)5-4-6-22/h13,15H,4-12H2,1-3H3,(H,25,29). The summed E-state index contributed by atoms with van der Waals surface area (Å²) >= 11 is 0. The molecule has 1 saturated carbocycles. The minimum Gasteiger partial charge on any atom is -0.370 e. The van der Waals surface area contributed by atoms with Gasteiger partial charge in [0.2, 0.25) is 0 Å². The van der Waals surface area contributed by atoms with Crippen molar-refractivity contribution in [1.82, 2.24) is 14.9 Å². The van der Waals surface area contributed by atoms with Crippen molar-refractivity contribution >= 4 is 22.4 Å². The van der Waals surface area contributed by atoms with Gasteiger partial charge in [0.05, 0.1) is 17.4 Å². The number of aromatic nitrogens is 2. The van der Waals surface area contributed by atoms with Gasteiger partial charge in [0, 0.05) is 38.6 Å². The van der Waals surface area contributed by atoms with E-state index >= 15 is 0 Å². The highest BCUT2D eigenvalue weighted by Gasteiger charge is 2.40. The number of anilines is 2. The van der Waals surface area contributed by atoms with E-state index in [2.05, 4.69) is 44.8 Å². The highest BCUT2D eigenvalue weighted by Crippen LogP contribution is 2.49. The molecule has 1 aliphatic heterocycles. The molecule has 2 fully saturated rings. The Labute approximate surface area is 171 Å². The minimum absolute atomic E-state index is 0.218. The van der Waals surface area contributed by atoms with E-state index in [4.69, 9.17) is 0 Å². The fraction of sp³-hybridized carbons (Fsp3) is 0.591. The molecule has 4 rings (SSSR count). The minimum atomic E-state index is -0.325. The van der Waals surface area contributed by atoms with E-state index in [0.29, 0.717) is 10.9 Å². The molecule has 0 aromatic carbocycles. The fourth-order valence-electron chi connectivity index (χ4n) is 4.65. The van der Waals surface area contributed by atoms with Gasteiger partial charge in [-0.05, 0) is 51.3 Å². The van der Waals surface area contributed by atoms with Gasteiger partial charge in [0.15, 0.2) is 0 Å². The molecule has 0 bridgehead atoms. The van der Waals surface area contributed by atoms with Crippen LogP contribution in [0.1, 0.15) is 37.7 Å². The summed E-state index contributed by atoms with van der Waals surface area (Å²) in [7, 11) is 6.12. The predicted octanol–water partition coefficient (Wildman–Crippen LogP) is 2.56. The lowest BCUT2D eigenvalue weighted by molar-refractivity contribution is 0.0956. The number of piperidine rings is 1. The number of nitriles is 1. The summed E-state index contributed by atoms with van der Waals surface area (Å²) in [5.74, 6) is 0.851. The molecule has 1 aliphatic carbocycles. The smallest absolute Gasteiger partial charge is 0.268 e. The van der Waals surface area contributed by atoms with Crippen molar-refractivity contribution in [3.8, 4) is 6.07 Å². The van der Waals surface area contributed by atoms with Gasteiger partial charge >= 0.3 is 0 Å². The number of nitrogens with zero attached hydrogens (tertiary/aromatic N) is 5. The maximum atomic E-state index is 12.6. The van der Waals surface area contributed by atoms with Gasteiger partial charge in [-0.15, -0.1) is 0 Å². The molecule has 0 radical (unpaired) electrons. The Balaban J connectivity index is 1.73. The molecular weight excluding hydrogens is 364 g/mol. The van der Waals surface area contributed by atoms with Crippen LogP contribution in [-0.4, -0.2) is 62.2 Å². The van der Waals surface area contributed by atoms with Crippen LogP contribution in [0.4, 0.5) is 11.5 Å². The molecular formula is C22H30N6O. The van der Waals surface area contributed by atoms with Gasteiger partial charge in [-0.2, -0.15) is 5.26 Å². The molecule has 3 heterocycles. The summed E-state index contributed by atoms with van der Waals surface area (Å²) in [6.45, 7) is 3.58. The Kier molecular flexibility index (Phi) is 5.22. The Morgan fingerprint density at radius 3 is 2.52 bits per heavy atom. The molecule has 0 unspecified atom stereocenters. The molecule has 1 N–H and O–H groups in total. The second-order valence-electron chi connectivity index (χ2n) is 8.94. The number of nitrogens with one attached hydrogen (secondary N) is 1. The van der Waals surface area contributed by atoms with Crippen LogP contribution in [0, 0.1) is 16.7 Å². The Morgan fingerprint density at radius 1 is 1.21 bits per heavy atom. The summed E-state index contributed by atoms with van der Waals surface area (Å²) in [5.41, 5.74) is 1.88. The number of hydrogen-bond acceptors (Lipinski definition) is 6. The van der Waals surface area contributed by atoms with E-state index < -0.39 is 0 Å². The third kappa shape index (κ3) is 3.69. The van der Waals surface area contributed by atoms with Gasteiger partial charge in [-0.1, -0.05) is 6.42 Å². The van der Waals surface area contributed by atoms with E-state index in [1.165, 1.54) is 19.3 Å². The van der Waals surface area contributed by atoms with E-state index in [1.54, 1.807) is 6.20 Å². The van der Waals surface area contributed by atoms with E-state index in [0.717, 1.165) is 55.9 Å². The Bertz CT molecular complexity index is 991. The number of H-pyrrole nitrogens is 1. The first kappa shape index (κ1) is 19.7. The van der Waals surface area contributed by atoms with Crippen molar-refractivity contribution in [3.63, 3.8) is 0 Å². The van der Waals surface area contributed by atoms with Crippen molar-refractivity contribution in [2.45, 2.75) is 32.1 Å². The van der Waals surface area contributed by atoms with Gasteiger partial charge in [-0.25, -0.2) is 4.98 Å². The molecule has 7 heteroatoms. The fourth-order valence-corrected chi connectivity index (χ4v) is 4.65. The van der Waals surface area contributed by atoms with Gasteiger partial charge < -0.3 is 19.7 Å². The molecule has 2 aliphatic rings. The summed E-state index contributed by atoms with van der Waals surface area (Å²) in [4.78, 5) is 26.5. The predicted molar refractivity (Wildman–Crippen MR) is 117 cm³/mol. The molecule has 1 spiro atoms. The van der Waals surface area contributed by atoms with Crippen LogP contribution in [0.2, 0.25) is 0 Å². The van der Waals surface area contributed by atoms with E-state index in [1.807, 2.05) is 13.1 Å². The first-order chi connectivity index (χ1) is 13.9. The SMILES string of the molecule is CN(C)CCN(C)c1cc2c(N3CCC4(CCC4)CC3)c(C#N)c(=O)[nH]c2cn1. The van der Waals surface area contributed by atoms with Gasteiger partial charge in [0.1, 0.15) is 17.5 Å². The molecule has 2 aromatic heterocycles. The van der Waals surface area contributed by atoms with Gasteiger partial charge in [0.25, 0.3) is 5.56 Å². The number of likely N-dealkylation sites (N-methyl/N-ethyl adjacent to an activating group) is 2. The van der Waals surface area contributed by atoms with Crippen molar-refractivity contribution in [2.24, 2.45) is 5.41 Å². The third-order valence-corrected chi connectivity index (χ3v) is 6.80.